The number of hydrogen-bond acceptors (Lipinski definition) is 4. The van der Waals surface area contributed by atoms with Crippen molar-refractivity contribution in [2.45, 2.75) is 44.2 Å². The minimum atomic E-state index is -4.04. The number of amides is 2. The van der Waals surface area contributed by atoms with E-state index in [1.807, 2.05) is 19.9 Å². The van der Waals surface area contributed by atoms with E-state index in [2.05, 4.69) is 5.32 Å². The minimum absolute atomic E-state index is 0.0317. The number of primary amides is 1. The number of hydrogen-bond donors (Lipinski definition) is 2. The van der Waals surface area contributed by atoms with Crippen LogP contribution in [0.4, 0.5) is 0 Å². The van der Waals surface area contributed by atoms with Crippen LogP contribution in [0.25, 0.3) is 0 Å². The summed E-state index contributed by atoms with van der Waals surface area (Å²) in [7, 11) is -4.04. The molecule has 0 aromatic heterocycles. The van der Waals surface area contributed by atoms with Crippen LogP contribution < -0.4 is 11.1 Å². The second kappa shape index (κ2) is 9.38. The zero-order valence-electron chi connectivity index (χ0n) is 17.5. The molecule has 7 nitrogen and oxygen atoms in total. The Kier molecular flexibility index (Phi) is 7.03. The third-order valence-corrected chi connectivity index (χ3v) is 7.34. The van der Waals surface area contributed by atoms with Gasteiger partial charge in [0.05, 0.1) is 4.90 Å². The van der Waals surface area contributed by atoms with Gasteiger partial charge in [-0.3, -0.25) is 9.59 Å². The Hall–Kier alpha value is -2.42. The summed E-state index contributed by atoms with van der Waals surface area (Å²) in [5, 5.41) is 3.20. The van der Waals surface area contributed by atoms with E-state index in [1.165, 1.54) is 24.3 Å². The summed E-state index contributed by atoms with van der Waals surface area (Å²) in [5.74, 6) is -0.801. The molecule has 0 unspecified atom stereocenters. The maximum absolute atomic E-state index is 13.5. The molecule has 3 rings (SSSR count). The van der Waals surface area contributed by atoms with Crippen molar-refractivity contribution in [3.63, 3.8) is 0 Å². The van der Waals surface area contributed by atoms with Crippen molar-refractivity contribution in [3.8, 4) is 0 Å². The lowest BCUT2D eigenvalue weighted by molar-refractivity contribution is -0.122. The van der Waals surface area contributed by atoms with Gasteiger partial charge in [0.15, 0.2) is 0 Å². The van der Waals surface area contributed by atoms with Crippen molar-refractivity contribution in [2.75, 3.05) is 6.54 Å². The van der Waals surface area contributed by atoms with Crippen molar-refractivity contribution in [3.05, 3.63) is 64.2 Å². The van der Waals surface area contributed by atoms with E-state index in [0.717, 1.165) is 9.87 Å². The van der Waals surface area contributed by atoms with E-state index in [9.17, 15) is 18.0 Å². The van der Waals surface area contributed by atoms with Gasteiger partial charge in [0.25, 0.3) is 5.91 Å². The molecule has 2 amide bonds. The van der Waals surface area contributed by atoms with Crippen LogP contribution in [0.15, 0.2) is 47.4 Å². The Morgan fingerprint density at radius 2 is 1.87 bits per heavy atom. The zero-order valence-corrected chi connectivity index (χ0v) is 19.0. The maximum atomic E-state index is 13.5. The van der Waals surface area contributed by atoms with Gasteiger partial charge in [-0.15, -0.1) is 0 Å². The van der Waals surface area contributed by atoms with E-state index in [0.29, 0.717) is 29.1 Å². The number of rotatable bonds is 8. The second-order valence-electron chi connectivity index (χ2n) is 8.05. The quantitative estimate of drug-likeness (QED) is 0.627. The highest BCUT2D eigenvalue weighted by atomic mass is 35.5. The molecule has 0 saturated heterocycles. The first-order valence-corrected chi connectivity index (χ1v) is 11.9. The van der Waals surface area contributed by atoms with Gasteiger partial charge in [-0.1, -0.05) is 37.6 Å². The third kappa shape index (κ3) is 5.26. The summed E-state index contributed by atoms with van der Waals surface area (Å²) in [6.07, 6.45) is 0.944. The van der Waals surface area contributed by atoms with E-state index in [-0.39, 0.29) is 29.7 Å². The lowest BCUT2D eigenvalue weighted by Crippen LogP contribution is -2.48. The molecule has 0 saturated carbocycles. The molecule has 2 aromatic rings. The molecule has 0 spiro atoms. The molecule has 0 fully saturated rings. The Morgan fingerprint density at radius 3 is 2.48 bits per heavy atom. The summed E-state index contributed by atoms with van der Waals surface area (Å²) >= 11 is 5.92. The molecular weight excluding hydrogens is 438 g/mol. The second-order valence-corrected chi connectivity index (χ2v) is 10.4. The molecule has 166 valence electrons. The fraction of sp³-hybridized carbons (Fsp3) is 0.364. The summed E-state index contributed by atoms with van der Waals surface area (Å²) in [6, 6.07) is 10.0. The first-order chi connectivity index (χ1) is 14.6. The SMILES string of the molecule is CC(C)C[C@H](C(N)=O)N(Cc1ccc2c(c1)CCNC2=O)S(=O)(=O)c1ccc(Cl)cc1. The number of nitrogens with two attached hydrogens (primary N) is 1. The van der Waals surface area contributed by atoms with Crippen molar-refractivity contribution < 1.29 is 18.0 Å². The number of carbonyl (C=O) groups is 2. The molecule has 1 aliphatic rings. The zero-order chi connectivity index (χ0) is 22.8. The third-order valence-electron chi connectivity index (χ3n) is 5.22. The Bertz CT molecular complexity index is 1080. The lowest BCUT2D eigenvalue weighted by atomic mass is 9.97. The molecule has 0 radical (unpaired) electrons. The Morgan fingerprint density at radius 1 is 1.19 bits per heavy atom. The van der Waals surface area contributed by atoms with Gasteiger partial charge >= 0.3 is 0 Å². The largest absolute Gasteiger partial charge is 0.368 e. The van der Waals surface area contributed by atoms with Gasteiger partial charge in [-0.2, -0.15) is 4.31 Å². The topological polar surface area (TPSA) is 110 Å². The number of nitrogens with one attached hydrogen (secondary N) is 1. The van der Waals surface area contributed by atoms with Crippen molar-refractivity contribution >= 4 is 33.4 Å². The number of benzene rings is 2. The molecule has 1 heterocycles. The molecule has 2 aromatic carbocycles. The van der Waals surface area contributed by atoms with Gasteiger partial charge in [-0.05, 0) is 60.2 Å². The van der Waals surface area contributed by atoms with Gasteiger partial charge in [0.1, 0.15) is 6.04 Å². The average Bonchev–Trinajstić information content (AvgIpc) is 2.70. The van der Waals surface area contributed by atoms with Crippen molar-refractivity contribution in [2.24, 2.45) is 11.7 Å². The number of fused-ring (bicyclic) bond motifs is 1. The van der Waals surface area contributed by atoms with Crippen LogP contribution in [0, 0.1) is 5.92 Å². The van der Waals surface area contributed by atoms with E-state index in [4.69, 9.17) is 17.3 Å². The molecule has 31 heavy (non-hydrogen) atoms. The monoisotopic (exact) mass is 463 g/mol. The molecular formula is C22H26ClN3O4S. The summed E-state index contributed by atoms with van der Waals surface area (Å²) in [6.45, 7) is 4.29. The average molecular weight is 464 g/mol. The lowest BCUT2D eigenvalue weighted by Gasteiger charge is -2.30. The summed E-state index contributed by atoms with van der Waals surface area (Å²) in [4.78, 5) is 24.4. The summed E-state index contributed by atoms with van der Waals surface area (Å²) in [5.41, 5.74) is 7.76. The van der Waals surface area contributed by atoms with Gasteiger partial charge < -0.3 is 11.1 Å². The van der Waals surface area contributed by atoms with Gasteiger partial charge in [0.2, 0.25) is 15.9 Å². The first kappa shape index (κ1) is 23.2. The van der Waals surface area contributed by atoms with Crippen LogP contribution in [0.5, 0.6) is 0 Å². The van der Waals surface area contributed by atoms with Gasteiger partial charge in [-0.25, -0.2) is 8.42 Å². The van der Waals surface area contributed by atoms with Crippen LogP contribution in [-0.2, 0) is 27.8 Å². The number of carbonyl (C=O) groups excluding carboxylic acids is 2. The van der Waals surface area contributed by atoms with E-state index < -0.39 is 22.0 Å². The molecule has 1 atom stereocenters. The number of sulfonamides is 1. The van der Waals surface area contributed by atoms with Crippen LogP contribution in [0.1, 0.15) is 41.8 Å². The first-order valence-electron chi connectivity index (χ1n) is 10.1. The fourth-order valence-electron chi connectivity index (χ4n) is 3.69. The number of nitrogens with zero attached hydrogens (tertiary/aromatic N) is 1. The van der Waals surface area contributed by atoms with Crippen LogP contribution in [0.3, 0.4) is 0 Å². The predicted molar refractivity (Wildman–Crippen MR) is 119 cm³/mol. The normalized spacial score (nSPS) is 14.9. The van der Waals surface area contributed by atoms with Crippen LogP contribution in [0.2, 0.25) is 5.02 Å². The highest BCUT2D eigenvalue weighted by Gasteiger charge is 2.35. The van der Waals surface area contributed by atoms with E-state index >= 15 is 0 Å². The summed E-state index contributed by atoms with van der Waals surface area (Å²) < 4.78 is 28.2. The molecule has 0 aliphatic carbocycles. The molecule has 0 bridgehead atoms. The predicted octanol–water partition coefficient (Wildman–Crippen LogP) is 2.72. The molecule has 9 heteroatoms. The smallest absolute Gasteiger partial charge is 0.251 e. The minimum Gasteiger partial charge on any atom is -0.368 e. The van der Waals surface area contributed by atoms with Crippen molar-refractivity contribution in [1.29, 1.82) is 0 Å². The highest BCUT2D eigenvalue weighted by Crippen LogP contribution is 2.26. The fourth-order valence-corrected chi connectivity index (χ4v) is 5.41. The maximum Gasteiger partial charge on any atom is 0.251 e. The van der Waals surface area contributed by atoms with Crippen LogP contribution >= 0.6 is 11.6 Å². The van der Waals surface area contributed by atoms with E-state index in [1.54, 1.807) is 12.1 Å². The standard InChI is InChI=1S/C22H26ClN3O4S/c1-14(2)11-20(21(24)27)26(31(29,30)18-6-4-17(23)5-7-18)13-15-3-8-19-16(12-15)9-10-25-22(19)28/h3-8,12,14,20H,9-11,13H2,1-2H3,(H2,24,27)(H,25,28)/t20-/m1/s1. The van der Waals surface area contributed by atoms with Crippen molar-refractivity contribution in [1.82, 2.24) is 9.62 Å². The Labute approximate surface area is 187 Å². The highest BCUT2D eigenvalue weighted by molar-refractivity contribution is 7.89. The Balaban J connectivity index is 2.04. The van der Waals surface area contributed by atoms with Crippen LogP contribution in [-0.4, -0.2) is 37.1 Å². The molecule has 3 N–H and O–H groups in total. The van der Waals surface area contributed by atoms with Gasteiger partial charge in [0, 0.05) is 23.7 Å². The number of halogens is 1. The molecule has 1 aliphatic heterocycles.